The van der Waals surface area contributed by atoms with Gasteiger partial charge in [-0.1, -0.05) is 182 Å². The lowest BCUT2D eigenvalue weighted by molar-refractivity contribution is 1.10. The first-order valence-electron chi connectivity index (χ1n) is 23.1. The maximum atomic E-state index is 5.66. The Labute approximate surface area is 391 Å². The monoisotopic (exact) mass is 865 g/mol. The van der Waals surface area contributed by atoms with Crippen molar-refractivity contribution in [1.82, 2.24) is 24.1 Å². The van der Waals surface area contributed by atoms with E-state index in [1.165, 1.54) is 49.0 Å². The molecule has 5 nitrogen and oxygen atoms in total. The number of benzene rings is 10. The molecule has 0 atom stereocenters. The van der Waals surface area contributed by atoms with Crippen LogP contribution in [-0.4, -0.2) is 24.1 Å². The number of rotatable bonds is 6. The summed E-state index contributed by atoms with van der Waals surface area (Å²) in [6.07, 6.45) is 0. The van der Waals surface area contributed by atoms with Crippen LogP contribution < -0.4 is 0 Å². The van der Waals surface area contributed by atoms with E-state index < -0.39 is 0 Å². The van der Waals surface area contributed by atoms with Crippen molar-refractivity contribution in [3.63, 3.8) is 0 Å². The van der Waals surface area contributed by atoms with E-state index in [0.717, 1.165) is 83.6 Å². The number of aromatic nitrogens is 5. The van der Waals surface area contributed by atoms with E-state index in [4.69, 9.17) is 15.0 Å². The van der Waals surface area contributed by atoms with Crippen molar-refractivity contribution in [1.29, 1.82) is 0 Å². The van der Waals surface area contributed by atoms with Gasteiger partial charge in [0.1, 0.15) is 5.82 Å². The number of nitrogens with zero attached hydrogens (tertiary/aromatic N) is 5. The number of pyridine rings is 1. The average Bonchev–Trinajstić information content (AvgIpc) is 3.91. The first-order valence-corrected chi connectivity index (χ1v) is 23.1. The van der Waals surface area contributed by atoms with Gasteiger partial charge < -0.3 is 4.57 Å². The summed E-state index contributed by atoms with van der Waals surface area (Å²) in [6.45, 7) is 0. The SMILES string of the molecule is c1ccc(-c2nc3ccc(-c4cc5ccccc5c(-n5c6ccccc6c6cc7c8c9ccccc9c(-c9ccccc9)cc8n(-c8ccccc8)c7cc65)n4)cc3nc2-c2ccccc2)cc1. The molecule has 5 heteroatoms. The van der Waals surface area contributed by atoms with Crippen molar-refractivity contribution >= 4 is 76.2 Å². The van der Waals surface area contributed by atoms with Crippen LogP contribution in [0.4, 0.5) is 0 Å². The highest BCUT2D eigenvalue weighted by Gasteiger charge is 2.23. The molecule has 0 aliphatic heterocycles. The lowest BCUT2D eigenvalue weighted by atomic mass is 9.94. The Hall–Kier alpha value is -9.19. The van der Waals surface area contributed by atoms with Crippen LogP contribution in [0.3, 0.4) is 0 Å². The molecule has 0 amide bonds. The third kappa shape index (κ3) is 5.93. The van der Waals surface area contributed by atoms with Gasteiger partial charge in [0, 0.05) is 49.3 Å². The van der Waals surface area contributed by atoms with Crippen molar-refractivity contribution in [2.24, 2.45) is 0 Å². The van der Waals surface area contributed by atoms with E-state index >= 15 is 0 Å². The molecule has 14 rings (SSSR count). The van der Waals surface area contributed by atoms with Gasteiger partial charge in [-0.2, -0.15) is 0 Å². The molecule has 0 radical (unpaired) electrons. The van der Waals surface area contributed by atoms with Gasteiger partial charge in [0.25, 0.3) is 0 Å². The fourth-order valence-corrected chi connectivity index (χ4v) is 10.6. The van der Waals surface area contributed by atoms with Crippen molar-refractivity contribution in [3.8, 4) is 56.4 Å². The molecule has 0 bridgehead atoms. The molecular formula is C63H39N5. The van der Waals surface area contributed by atoms with Crippen LogP contribution in [0.25, 0.3) is 133 Å². The predicted octanol–water partition coefficient (Wildman–Crippen LogP) is 16.2. The van der Waals surface area contributed by atoms with Crippen LogP contribution >= 0.6 is 0 Å². The molecule has 0 fully saturated rings. The highest BCUT2D eigenvalue weighted by molar-refractivity contribution is 6.27. The summed E-state index contributed by atoms with van der Waals surface area (Å²) in [5, 5.41) is 9.46. The van der Waals surface area contributed by atoms with Gasteiger partial charge in [-0.15, -0.1) is 0 Å². The van der Waals surface area contributed by atoms with Gasteiger partial charge in [-0.05, 0) is 81.9 Å². The Kier molecular flexibility index (Phi) is 8.52. The normalized spacial score (nSPS) is 11.8. The maximum absolute atomic E-state index is 5.66. The fourth-order valence-electron chi connectivity index (χ4n) is 10.6. The summed E-state index contributed by atoms with van der Waals surface area (Å²) in [6, 6.07) is 84.3. The Bertz CT molecular complexity index is 4290. The number of hydrogen-bond acceptors (Lipinski definition) is 3. The molecule has 68 heavy (non-hydrogen) atoms. The van der Waals surface area contributed by atoms with Gasteiger partial charge >= 0.3 is 0 Å². The van der Waals surface area contributed by atoms with Crippen molar-refractivity contribution in [2.45, 2.75) is 0 Å². The zero-order valence-corrected chi connectivity index (χ0v) is 36.8. The van der Waals surface area contributed by atoms with Gasteiger partial charge in [-0.3, -0.25) is 4.57 Å². The second-order valence-corrected chi connectivity index (χ2v) is 17.5. The molecule has 0 unspecified atom stereocenters. The zero-order valence-electron chi connectivity index (χ0n) is 36.8. The van der Waals surface area contributed by atoms with Gasteiger partial charge in [-0.25, -0.2) is 15.0 Å². The number of hydrogen-bond donors (Lipinski definition) is 0. The molecule has 316 valence electrons. The minimum absolute atomic E-state index is 0.813. The molecule has 0 aliphatic rings. The third-order valence-corrected chi connectivity index (χ3v) is 13.7. The lowest BCUT2D eigenvalue weighted by Crippen LogP contribution is -2.01. The summed E-state index contributed by atoms with van der Waals surface area (Å²) in [5.74, 6) is 0.874. The summed E-state index contributed by atoms with van der Waals surface area (Å²) in [5.41, 5.74) is 15.3. The molecule has 14 aromatic rings. The standard InChI is InChI=1S/C63H39N5/c1-5-19-40(20-6-1)50-38-59-60(49-31-16-15-29-47(49)50)52-37-51-48-30-17-18-32-56(48)68(57(51)39-58(52)67(59)45-26-11-4-12-27-45)63-46-28-14-13-25-43(46)35-54(66-63)44-33-34-53-55(36-44)65-62(42-23-9-3-10-24-42)61(64-53)41-21-7-2-8-22-41/h1-39H. The topological polar surface area (TPSA) is 48.5 Å². The zero-order chi connectivity index (χ0) is 44.7. The molecule has 0 saturated carbocycles. The highest BCUT2D eigenvalue weighted by atomic mass is 15.1. The maximum Gasteiger partial charge on any atom is 0.146 e. The highest BCUT2D eigenvalue weighted by Crippen LogP contribution is 2.45. The van der Waals surface area contributed by atoms with Gasteiger partial charge in [0.15, 0.2) is 0 Å². The van der Waals surface area contributed by atoms with Crippen LogP contribution in [-0.2, 0) is 0 Å². The first-order chi connectivity index (χ1) is 33.7. The second kappa shape index (κ2) is 15.2. The fraction of sp³-hybridized carbons (Fsp3) is 0. The largest absolute Gasteiger partial charge is 0.309 e. The quantitative estimate of drug-likeness (QED) is 0.167. The number of fused-ring (bicyclic) bond motifs is 10. The molecule has 0 aliphatic carbocycles. The van der Waals surface area contributed by atoms with E-state index in [0.29, 0.717) is 0 Å². The van der Waals surface area contributed by atoms with Crippen molar-refractivity contribution in [3.05, 3.63) is 237 Å². The van der Waals surface area contributed by atoms with Gasteiger partial charge in [0.05, 0.1) is 50.2 Å². The van der Waals surface area contributed by atoms with Gasteiger partial charge in [0.2, 0.25) is 0 Å². The lowest BCUT2D eigenvalue weighted by Gasteiger charge is -2.15. The molecule has 0 saturated heterocycles. The van der Waals surface area contributed by atoms with E-state index in [2.05, 4.69) is 221 Å². The minimum atomic E-state index is 0.813. The van der Waals surface area contributed by atoms with E-state index in [1.807, 2.05) is 24.3 Å². The van der Waals surface area contributed by atoms with Crippen LogP contribution in [0.5, 0.6) is 0 Å². The van der Waals surface area contributed by atoms with Crippen LogP contribution in [0.1, 0.15) is 0 Å². The van der Waals surface area contributed by atoms with E-state index in [-0.39, 0.29) is 0 Å². The molecule has 0 N–H and O–H groups in total. The molecular weight excluding hydrogens is 827 g/mol. The van der Waals surface area contributed by atoms with Crippen LogP contribution in [0, 0.1) is 0 Å². The van der Waals surface area contributed by atoms with Crippen LogP contribution in [0.15, 0.2) is 237 Å². The summed E-state index contributed by atoms with van der Waals surface area (Å²) >= 11 is 0. The first kappa shape index (κ1) is 38.1. The van der Waals surface area contributed by atoms with Crippen LogP contribution in [0.2, 0.25) is 0 Å². The Morgan fingerprint density at radius 2 is 0.868 bits per heavy atom. The van der Waals surface area contributed by atoms with Crippen molar-refractivity contribution < 1.29 is 0 Å². The van der Waals surface area contributed by atoms with E-state index in [1.54, 1.807) is 0 Å². The summed E-state index contributed by atoms with van der Waals surface area (Å²) in [7, 11) is 0. The summed E-state index contributed by atoms with van der Waals surface area (Å²) < 4.78 is 4.84. The molecule has 4 aromatic heterocycles. The molecule has 4 heterocycles. The predicted molar refractivity (Wildman–Crippen MR) is 283 cm³/mol. The second-order valence-electron chi connectivity index (χ2n) is 17.5. The number of para-hydroxylation sites is 2. The van der Waals surface area contributed by atoms with Crippen molar-refractivity contribution in [2.75, 3.05) is 0 Å². The molecule has 0 spiro atoms. The third-order valence-electron chi connectivity index (χ3n) is 13.7. The summed E-state index contributed by atoms with van der Waals surface area (Å²) in [4.78, 5) is 16.3. The Balaban J connectivity index is 1.04. The smallest absolute Gasteiger partial charge is 0.146 e. The minimum Gasteiger partial charge on any atom is -0.309 e. The average molecular weight is 866 g/mol. The molecule has 10 aromatic carbocycles. The van der Waals surface area contributed by atoms with E-state index in [9.17, 15) is 0 Å². The Morgan fingerprint density at radius 3 is 1.59 bits per heavy atom. The Morgan fingerprint density at radius 1 is 0.294 bits per heavy atom.